The number of allylic oxidation sites excluding steroid dienone is 2. The normalized spacial score (nSPS) is 15.6. The lowest BCUT2D eigenvalue weighted by atomic mass is 9.78. The summed E-state index contributed by atoms with van der Waals surface area (Å²) in [5, 5.41) is 32.3. The maximum absolute atomic E-state index is 13.5. The molecule has 0 radical (unpaired) electrons. The maximum atomic E-state index is 13.5. The van der Waals surface area contributed by atoms with E-state index < -0.39 is 56.9 Å². The summed E-state index contributed by atoms with van der Waals surface area (Å²) < 4.78 is 40.6. The number of carboxylic acid groups (broad SMARTS) is 2. The summed E-state index contributed by atoms with van der Waals surface area (Å²) in [6.07, 6.45) is -5.07. The van der Waals surface area contributed by atoms with Gasteiger partial charge in [0.25, 0.3) is 5.69 Å². The first-order chi connectivity index (χ1) is 12.4. The molecule has 2 rings (SSSR count). The van der Waals surface area contributed by atoms with Crippen molar-refractivity contribution in [3.8, 4) is 0 Å². The van der Waals surface area contributed by atoms with Gasteiger partial charge in [0.05, 0.1) is 27.6 Å². The van der Waals surface area contributed by atoms with E-state index in [-0.39, 0.29) is 17.5 Å². The maximum Gasteiger partial charge on any atom is 0.416 e. The first-order valence-corrected chi connectivity index (χ1v) is 7.37. The third kappa shape index (κ3) is 3.61. The molecule has 0 aromatic heterocycles. The summed E-state index contributed by atoms with van der Waals surface area (Å²) in [5.74, 6) is -4.98. The Labute approximate surface area is 149 Å². The first kappa shape index (κ1) is 19.9. The standard InChI is InChI=1S/C16H13F3N2O6/c1-6-11(14(22)23)13(12(15(24)25)7(2)20-6)9-4-3-8(21(26)27)5-10(9)16(17,18)19/h3-5,13,20H,1-2H3,(H,22,23)(H,24,25). The monoisotopic (exact) mass is 386 g/mol. The summed E-state index contributed by atoms with van der Waals surface area (Å²) in [4.78, 5) is 33.1. The van der Waals surface area contributed by atoms with Gasteiger partial charge in [-0.3, -0.25) is 10.1 Å². The van der Waals surface area contributed by atoms with Crippen molar-refractivity contribution in [3.05, 3.63) is 62.0 Å². The summed E-state index contributed by atoms with van der Waals surface area (Å²) in [6, 6.07) is 1.78. The SMILES string of the molecule is CC1=C(C(=O)O)C(c2ccc([N+](=O)[O-])cc2C(F)(F)F)C(C(=O)O)=C(C)N1. The Hall–Kier alpha value is -3.37. The molecule has 1 heterocycles. The van der Waals surface area contributed by atoms with Crippen molar-refractivity contribution in [1.29, 1.82) is 0 Å². The molecule has 1 aromatic carbocycles. The van der Waals surface area contributed by atoms with Gasteiger partial charge in [-0.15, -0.1) is 0 Å². The second-order valence-electron chi connectivity index (χ2n) is 5.77. The van der Waals surface area contributed by atoms with Crippen molar-refractivity contribution >= 4 is 17.6 Å². The quantitative estimate of drug-likeness (QED) is 0.536. The third-order valence-electron chi connectivity index (χ3n) is 4.09. The van der Waals surface area contributed by atoms with Crippen LogP contribution in [0.5, 0.6) is 0 Å². The highest BCUT2D eigenvalue weighted by molar-refractivity contribution is 5.98. The van der Waals surface area contributed by atoms with Crippen molar-refractivity contribution in [2.75, 3.05) is 0 Å². The molecule has 0 bridgehead atoms. The number of hydrogen-bond donors (Lipinski definition) is 3. The Morgan fingerprint density at radius 1 is 1.11 bits per heavy atom. The molecule has 0 saturated heterocycles. The Morgan fingerprint density at radius 2 is 1.59 bits per heavy atom. The largest absolute Gasteiger partial charge is 0.478 e. The number of rotatable bonds is 4. The molecule has 11 heteroatoms. The Bertz CT molecular complexity index is 881. The number of dihydropyridines is 1. The van der Waals surface area contributed by atoms with Gasteiger partial charge in [-0.2, -0.15) is 13.2 Å². The van der Waals surface area contributed by atoms with E-state index in [0.29, 0.717) is 0 Å². The van der Waals surface area contributed by atoms with Gasteiger partial charge in [-0.25, -0.2) is 9.59 Å². The predicted molar refractivity (Wildman–Crippen MR) is 84.6 cm³/mol. The lowest BCUT2D eigenvalue weighted by Crippen LogP contribution is -2.32. The Morgan fingerprint density at radius 3 is 1.96 bits per heavy atom. The Balaban J connectivity index is 2.89. The van der Waals surface area contributed by atoms with Crippen molar-refractivity contribution in [2.45, 2.75) is 25.9 Å². The Kier molecular flexibility index (Phi) is 4.98. The van der Waals surface area contributed by atoms with Crippen LogP contribution in [-0.4, -0.2) is 27.1 Å². The highest BCUT2D eigenvalue weighted by Gasteiger charge is 2.43. The van der Waals surface area contributed by atoms with Crippen LogP contribution in [0.15, 0.2) is 40.7 Å². The zero-order chi connectivity index (χ0) is 20.7. The average molecular weight is 386 g/mol. The number of nitro groups is 1. The molecule has 0 spiro atoms. The number of hydrogen-bond acceptors (Lipinski definition) is 5. The second-order valence-corrected chi connectivity index (χ2v) is 5.77. The van der Waals surface area contributed by atoms with Crippen LogP contribution in [0.25, 0.3) is 0 Å². The van der Waals surface area contributed by atoms with Crippen LogP contribution in [0.4, 0.5) is 18.9 Å². The first-order valence-electron chi connectivity index (χ1n) is 7.37. The molecule has 144 valence electrons. The number of aliphatic carboxylic acids is 2. The van der Waals surface area contributed by atoms with E-state index in [9.17, 15) is 43.1 Å². The number of nitro benzene ring substituents is 1. The van der Waals surface area contributed by atoms with E-state index in [4.69, 9.17) is 0 Å². The molecular formula is C16H13F3N2O6. The van der Waals surface area contributed by atoms with Crippen LogP contribution in [-0.2, 0) is 15.8 Å². The van der Waals surface area contributed by atoms with Gasteiger partial charge in [0.1, 0.15) is 0 Å². The number of alkyl halides is 3. The van der Waals surface area contributed by atoms with Crippen LogP contribution < -0.4 is 5.32 Å². The van der Waals surface area contributed by atoms with Crippen molar-refractivity contribution in [1.82, 2.24) is 5.32 Å². The average Bonchev–Trinajstić information content (AvgIpc) is 2.51. The fourth-order valence-corrected chi connectivity index (χ4v) is 3.03. The summed E-state index contributed by atoms with van der Waals surface area (Å²) in [6.45, 7) is 2.58. The number of benzene rings is 1. The molecule has 0 amide bonds. The smallest absolute Gasteiger partial charge is 0.416 e. The van der Waals surface area contributed by atoms with E-state index in [2.05, 4.69) is 5.32 Å². The van der Waals surface area contributed by atoms with Crippen LogP contribution in [0, 0.1) is 10.1 Å². The minimum absolute atomic E-state index is 0.0264. The minimum Gasteiger partial charge on any atom is -0.478 e. The fraction of sp³-hybridized carbons (Fsp3) is 0.250. The molecule has 0 aliphatic carbocycles. The second kappa shape index (κ2) is 6.74. The van der Waals surface area contributed by atoms with Gasteiger partial charge in [-0.1, -0.05) is 6.07 Å². The van der Waals surface area contributed by atoms with Gasteiger partial charge in [0, 0.05) is 23.5 Å². The number of halogens is 3. The van der Waals surface area contributed by atoms with E-state index in [1.54, 1.807) is 0 Å². The molecule has 0 saturated carbocycles. The van der Waals surface area contributed by atoms with E-state index >= 15 is 0 Å². The molecule has 1 aromatic rings. The number of nitrogens with zero attached hydrogens (tertiary/aromatic N) is 1. The molecule has 8 nitrogen and oxygen atoms in total. The molecule has 27 heavy (non-hydrogen) atoms. The van der Waals surface area contributed by atoms with Crippen LogP contribution >= 0.6 is 0 Å². The van der Waals surface area contributed by atoms with Crippen molar-refractivity contribution in [3.63, 3.8) is 0 Å². The molecule has 0 atom stereocenters. The van der Waals surface area contributed by atoms with Gasteiger partial charge in [0.15, 0.2) is 0 Å². The van der Waals surface area contributed by atoms with Gasteiger partial charge < -0.3 is 15.5 Å². The summed E-state index contributed by atoms with van der Waals surface area (Å²) >= 11 is 0. The molecule has 3 N–H and O–H groups in total. The minimum atomic E-state index is -5.07. The zero-order valence-corrected chi connectivity index (χ0v) is 13.9. The third-order valence-corrected chi connectivity index (χ3v) is 4.09. The molecule has 1 aliphatic rings. The summed E-state index contributed by atoms with van der Waals surface area (Å²) in [5.41, 5.74) is -4.24. The molecular weight excluding hydrogens is 373 g/mol. The predicted octanol–water partition coefficient (Wildman–Crippen LogP) is 3.02. The van der Waals surface area contributed by atoms with Crippen molar-refractivity contribution in [2.24, 2.45) is 0 Å². The number of nitrogens with one attached hydrogen (secondary N) is 1. The van der Waals surface area contributed by atoms with E-state index in [1.165, 1.54) is 13.8 Å². The molecule has 1 aliphatic heterocycles. The van der Waals surface area contributed by atoms with Gasteiger partial charge in [0.2, 0.25) is 0 Å². The highest BCUT2D eigenvalue weighted by Crippen LogP contribution is 2.44. The van der Waals surface area contributed by atoms with Crippen molar-refractivity contribution < 1.29 is 37.9 Å². The van der Waals surface area contributed by atoms with E-state index in [0.717, 1.165) is 12.1 Å². The number of carbonyl (C=O) groups is 2. The molecule has 0 fully saturated rings. The van der Waals surface area contributed by atoms with Gasteiger partial charge in [-0.05, 0) is 19.4 Å². The summed E-state index contributed by atoms with van der Waals surface area (Å²) in [7, 11) is 0. The fourth-order valence-electron chi connectivity index (χ4n) is 3.03. The van der Waals surface area contributed by atoms with Crippen LogP contribution in [0.1, 0.15) is 30.9 Å². The highest BCUT2D eigenvalue weighted by atomic mass is 19.4. The topological polar surface area (TPSA) is 130 Å². The number of non-ortho nitro benzene ring substituents is 1. The lowest BCUT2D eigenvalue weighted by Gasteiger charge is -2.30. The zero-order valence-electron chi connectivity index (χ0n) is 13.9. The van der Waals surface area contributed by atoms with Crippen LogP contribution in [0.2, 0.25) is 0 Å². The molecule has 0 unspecified atom stereocenters. The van der Waals surface area contributed by atoms with Gasteiger partial charge >= 0.3 is 18.1 Å². The van der Waals surface area contributed by atoms with E-state index in [1.807, 2.05) is 0 Å². The van der Waals surface area contributed by atoms with Crippen LogP contribution in [0.3, 0.4) is 0 Å². The number of carboxylic acids is 2. The lowest BCUT2D eigenvalue weighted by molar-refractivity contribution is -0.385.